The van der Waals surface area contributed by atoms with E-state index in [1.807, 2.05) is 0 Å². The van der Waals surface area contributed by atoms with E-state index < -0.39 is 16.4 Å². The van der Waals surface area contributed by atoms with Gasteiger partial charge in [-0.3, -0.25) is 9.80 Å². The van der Waals surface area contributed by atoms with Crippen LogP contribution in [0.3, 0.4) is 0 Å². The average Bonchev–Trinajstić information content (AvgIpc) is 2.45. The molecule has 0 aromatic heterocycles. The summed E-state index contributed by atoms with van der Waals surface area (Å²) in [6.45, 7) is 10.5. The van der Waals surface area contributed by atoms with Gasteiger partial charge in [0.15, 0.2) is 0 Å². The van der Waals surface area contributed by atoms with Gasteiger partial charge in [-0.25, -0.2) is 21.5 Å². The smallest absolute Gasteiger partial charge is 0.251 e. The Labute approximate surface area is 146 Å². The van der Waals surface area contributed by atoms with Gasteiger partial charge in [0.05, 0.1) is 12.8 Å². The zero-order chi connectivity index (χ0) is 18.7. The second-order valence-corrected chi connectivity index (χ2v) is 9.69. The molecule has 5 nitrogen and oxygen atoms in total. The molecule has 0 amide bonds. The molecule has 1 rings (SSSR count). The van der Waals surface area contributed by atoms with Crippen molar-refractivity contribution in [1.29, 1.82) is 0 Å². The normalized spacial score (nSPS) is 23.2. The number of piperazine rings is 1. The van der Waals surface area contributed by atoms with E-state index in [-0.39, 0.29) is 24.0 Å². The van der Waals surface area contributed by atoms with E-state index in [4.69, 9.17) is 0 Å². The van der Waals surface area contributed by atoms with Crippen LogP contribution in [0.15, 0.2) is 0 Å². The van der Waals surface area contributed by atoms with Crippen molar-refractivity contribution in [2.24, 2.45) is 5.41 Å². The van der Waals surface area contributed by atoms with Gasteiger partial charge >= 0.3 is 0 Å². The lowest BCUT2D eigenvalue weighted by Gasteiger charge is -2.49. The molecule has 144 valence electrons. The largest absolute Gasteiger partial charge is 0.295 e. The zero-order valence-corrected chi connectivity index (χ0v) is 16.6. The SMILES string of the molecule is CCC(C)(C)C(C)N1CCN(CC(F)F)CC1CN(C)S(C)(=O)=O. The van der Waals surface area contributed by atoms with E-state index in [0.29, 0.717) is 26.2 Å². The third kappa shape index (κ3) is 5.89. The molecule has 2 atom stereocenters. The summed E-state index contributed by atoms with van der Waals surface area (Å²) in [4.78, 5) is 4.04. The lowest BCUT2D eigenvalue weighted by atomic mass is 9.81. The molecule has 0 aromatic carbocycles. The molecule has 0 radical (unpaired) electrons. The van der Waals surface area contributed by atoms with Crippen LogP contribution < -0.4 is 0 Å². The highest BCUT2D eigenvalue weighted by atomic mass is 32.2. The van der Waals surface area contributed by atoms with Crippen molar-refractivity contribution >= 4 is 10.0 Å². The molecule has 0 saturated carbocycles. The summed E-state index contributed by atoms with van der Waals surface area (Å²) >= 11 is 0. The van der Waals surface area contributed by atoms with Gasteiger partial charge in [-0.1, -0.05) is 20.8 Å². The predicted molar refractivity (Wildman–Crippen MR) is 93.9 cm³/mol. The Balaban J connectivity index is 2.95. The van der Waals surface area contributed by atoms with E-state index in [1.54, 1.807) is 11.9 Å². The summed E-state index contributed by atoms with van der Waals surface area (Å²) < 4.78 is 50.3. The molecule has 8 heteroatoms. The van der Waals surface area contributed by atoms with Gasteiger partial charge in [0.2, 0.25) is 10.0 Å². The monoisotopic (exact) mass is 369 g/mol. The molecular formula is C16H33F2N3O2S. The third-order valence-corrected chi connectivity index (χ3v) is 6.86. The molecule has 1 saturated heterocycles. The van der Waals surface area contributed by atoms with Crippen LogP contribution in [0.4, 0.5) is 8.78 Å². The van der Waals surface area contributed by atoms with E-state index in [1.165, 1.54) is 10.6 Å². The standard InChI is InChI=1S/C16H33F2N3O2S/c1-7-16(3,4)13(2)21-9-8-20(12-15(17)18)11-14(21)10-19(5)24(6,22)23/h13-15H,7-12H2,1-6H3. The summed E-state index contributed by atoms with van der Waals surface area (Å²) in [5.41, 5.74) is 0.0762. The molecule has 1 aliphatic heterocycles. The van der Waals surface area contributed by atoms with E-state index in [0.717, 1.165) is 6.42 Å². The van der Waals surface area contributed by atoms with Crippen molar-refractivity contribution in [2.45, 2.75) is 52.6 Å². The number of nitrogens with zero attached hydrogens (tertiary/aromatic N) is 3. The average molecular weight is 370 g/mol. The summed E-state index contributed by atoms with van der Waals surface area (Å²) in [6.07, 6.45) is -0.189. The fraction of sp³-hybridized carbons (Fsp3) is 1.00. The minimum Gasteiger partial charge on any atom is -0.295 e. The second-order valence-electron chi connectivity index (χ2n) is 7.60. The second kappa shape index (κ2) is 8.38. The molecule has 1 fully saturated rings. The highest BCUT2D eigenvalue weighted by Crippen LogP contribution is 2.31. The van der Waals surface area contributed by atoms with Gasteiger partial charge in [-0.05, 0) is 18.8 Å². The molecule has 1 aliphatic rings. The third-order valence-electron chi connectivity index (χ3n) is 5.58. The van der Waals surface area contributed by atoms with Crippen LogP contribution in [-0.2, 0) is 10.0 Å². The first-order valence-electron chi connectivity index (χ1n) is 8.56. The van der Waals surface area contributed by atoms with Crippen molar-refractivity contribution in [1.82, 2.24) is 14.1 Å². The van der Waals surface area contributed by atoms with Gasteiger partial charge in [0.25, 0.3) is 6.43 Å². The first-order valence-corrected chi connectivity index (χ1v) is 10.4. The first-order chi connectivity index (χ1) is 10.9. The highest BCUT2D eigenvalue weighted by molar-refractivity contribution is 7.88. The predicted octanol–water partition coefficient (Wildman–Crippen LogP) is 1.95. The number of hydrogen-bond donors (Lipinski definition) is 0. The molecular weight excluding hydrogens is 336 g/mol. The van der Waals surface area contributed by atoms with Crippen molar-refractivity contribution in [3.63, 3.8) is 0 Å². The Morgan fingerprint density at radius 1 is 1.29 bits per heavy atom. The van der Waals surface area contributed by atoms with Crippen molar-refractivity contribution < 1.29 is 17.2 Å². The number of hydrogen-bond acceptors (Lipinski definition) is 4. The quantitative estimate of drug-likeness (QED) is 0.656. The lowest BCUT2D eigenvalue weighted by Crippen LogP contribution is -2.62. The number of halogens is 2. The van der Waals surface area contributed by atoms with Crippen molar-refractivity contribution in [2.75, 3.05) is 46.0 Å². The molecule has 0 aliphatic carbocycles. The summed E-state index contributed by atoms with van der Waals surface area (Å²) in [5.74, 6) is 0. The van der Waals surface area contributed by atoms with Crippen LogP contribution in [0.1, 0.15) is 34.1 Å². The fourth-order valence-electron chi connectivity index (χ4n) is 3.14. The summed E-state index contributed by atoms with van der Waals surface area (Å²) in [6, 6.07) is 0.159. The Morgan fingerprint density at radius 2 is 1.88 bits per heavy atom. The van der Waals surface area contributed by atoms with Gasteiger partial charge in [-0.2, -0.15) is 0 Å². The topological polar surface area (TPSA) is 43.9 Å². The maximum atomic E-state index is 12.7. The van der Waals surface area contributed by atoms with Crippen molar-refractivity contribution in [3.05, 3.63) is 0 Å². The Hall–Kier alpha value is -0.310. The van der Waals surface area contributed by atoms with Crippen LogP contribution in [-0.4, -0.2) is 87.1 Å². The molecule has 24 heavy (non-hydrogen) atoms. The van der Waals surface area contributed by atoms with Gasteiger partial charge in [0, 0.05) is 45.3 Å². The van der Waals surface area contributed by atoms with Crippen LogP contribution >= 0.6 is 0 Å². The molecule has 0 bridgehead atoms. The van der Waals surface area contributed by atoms with E-state index in [2.05, 4.69) is 32.6 Å². The van der Waals surface area contributed by atoms with Crippen LogP contribution in [0.5, 0.6) is 0 Å². The summed E-state index contributed by atoms with van der Waals surface area (Å²) in [5, 5.41) is 0. The minimum absolute atomic E-state index is 0.0762. The van der Waals surface area contributed by atoms with E-state index in [9.17, 15) is 17.2 Å². The van der Waals surface area contributed by atoms with Crippen molar-refractivity contribution in [3.8, 4) is 0 Å². The molecule has 2 unspecified atom stereocenters. The molecule has 1 heterocycles. The maximum absolute atomic E-state index is 12.7. The highest BCUT2D eigenvalue weighted by Gasteiger charge is 2.37. The number of likely N-dealkylation sites (N-methyl/N-ethyl adjacent to an activating group) is 1. The Kier molecular flexibility index (Phi) is 7.59. The van der Waals surface area contributed by atoms with Gasteiger partial charge < -0.3 is 0 Å². The van der Waals surface area contributed by atoms with Gasteiger partial charge in [-0.15, -0.1) is 0 Å². The lowest BCUT2D eigenvalue weighted by molar-refractivity contribution is -0.0194. The number of rotatable bonds is 8. The van der Waals surface area contributed by atoms with Crippen LogP contribution in [0.2, 0.25) is 0 Å². The zero-order valence-electron chi connectivity index (χ0n) is 15.8. The first kappa shape index (κ1) is 21.7. The van der Waals surface area contributed by atoms with Crippen LogP contribution in [0, 0.1) is 5.41 Å². The molecule has 0 aromatic rings. The Morgan fingerprint density at radius 3 is 2.33 bits per heavy atom. The fourth-order valence-corrected chi connectivity index (χ4v) is 3.59. The maximum Gasteiger partial charge on any atom is 0.251 e. The van der Waals surface area contributed by atoms with Gasteiger partial charge in [0.1, 0.15) is 0 Å². The van der Waals surface area contributed by atoms with E-state index >= 15 is 0 Å². The number of alkyl halides is 2. The number of sulfonamides is 1. The minimum atomic E-state index is -3.29. The Bertz CT molecular complexity index is 500. The molecule has 0 N–H and O–H groups in total. The molecule has 0 spiro atoms. The summed E-state index contributed by atoms with van der Waals surface area (Å²) in [7, 11) is -1.74. The van der Waals surface area contributed by atoms with Crippen LogP contribution in [0.25, 0.3) is 0 Å².